The Kier molecular flexibility index (Phi) is 20.1. The highest BCUT2D eigenvalue weighted by Crippen LogP contribution is 2.56. The van der Waals surface area contributed by atoms with Crippen LogP contribution in [0.3, 0.4) is 0 Å². The third-order valence-electron chi connectivity index (χ3n) is 12.3. The number of aryl methyl sites for hydroxylation is 4. The van der Waals surface area contributed by atoms with Crippen molar-refractivity contribution in [2.45, 2.75) is 121 Å². The van der Waals surface area contributed by atoms with Gasteiger partial charge in [0.1, 0.15) is 87.3 Å². The van der Waals surface area contributed by atoms with Crippen LogP contribution in [0.25, 0.3) is 0 Å². The van der Waals surface area contributed by atoms with Crippen LogP contribution in [0, 0.1) is 43.4 Å². The normalized spacial score (nSPS) is 24.3. The van der Waals surface area contributed by atoms with Gasteiger partial charge in [-0.2, -0.15) is 10.5 Å². The first-order valence-electron chi connectivity index (χ1n) is 24.4. The minimum Gasteiger partial charge on any atom is -0.461 e. The summed E-state index contributed by atoms with van der Waals surface area (Å²) in [4.78, 5) is 108. The second-order valence-electron chi connectivity index (χ2n) is 18.2. The Hall–Kier alpha value is -6.77. The number of nitrogens with one attached hydrogen (secondary N) is 3. The average Bonchev–Trinajstić information content (AvgIpc) is 4.22. The first kappa shape index (κ1) is 59.9. The van der Waals surface area contributed by atoms with E-state index in [1.807, 2.05) is 12.1 Å². The topological polar surface area (TPSA) is 411 Å². The lowest BCUT2D eigenvalue weighted by molar-refractivity contribution is -0.671. The van der Waals surface area contributed by atoms with Gasteiger partial charge in [-0.3, -0.25) is 79.8 Å². The number of esters is 2. The lowest BCUT2D eigenvalue weighted by Gasteiger charge is -2.27. The lowest BCUT2D eigenvalue weighted by atomic mass is 10.2. The van der Waals surface area contributed by atoms with Gasteiger partial charge >= 0.3 is 44.7 Å². The number of phosphoric ester groups is 2. The molecule has 0 saturated carbocycles. The number of aromatic amines is 3. The molecule has 428 valence electrons. The van der Waals surface area contributed by atoms with Crippen molar-refractivity contribution < 1.29 is 79.2 Å². The molecule has 4 aromatic heterocycles. The first-order chi connectivity index (χ1) is 37.6. The molecule has 3 aliphatic heterocycles. The summed E-state index contributed by atoms with van der Waals surface area (Å²) in [5.74, 6) is -2.01. The molecule has 11 atom stereocenters. The molecule has 79 heavy (non-hydrogen) atoms. The van der Waals surface area contributed by atoms with Crippen molar-refractivity contribution in [2.24, 2.45) is 7.05 Å². The molecule has 3 fully saturated rings. The van der Waals surface area contributed by atoms with E-state index in [2.05, 4.69) is 15.0 Å². The maximum atomic E-state index is 14.9. The van der Waals surface area contributed by atoms with E-state index in [0.29, 0.717) is 0 Å². The largest absolute Gasteiger partial charge is 0.475 e. The van der Waals surface area contributed by atoms with Gasteiger partial charge in [-0.05, 0) is 20.8 Å². The van der Waals surface area contributed by atoms with Gasteiger partial charge in [-0.1, -0.05) is 0 Å². The number of imidazole rings is 1. The molecular formula is C45H57N10O22P2+. The summed E-state index contributed by atoms with van der Waals surface area (Å²) >= 11 is 0. The number of aliphatic hydroxyl groups is 1. The summed E-state index contributed by atoms with van der Waals surface area (Å²) in [6, 6.07) is 3.64. The van der Waals surface area contributed by atoms with Crippen molar-refractivity contribution in [1.29, 1.82) is 10.5 Å². The number of phosphoric acid groups is 2. The number of aromatic nitrogens is 8. The Morgan fingerprint density at radius 2 is 1.10 bits per heavy atom. The fourth-order valence-electron chi connectivity index (χ4n) is 8.37. The number of H-pyrrole nitrogens is 3. The quantitative estimate of drug-likeness (QED) is 0.0202. The molecule has 0 radical (unpaired) electrons. The Labute approximate surface area is 446 Å². The van der Waals surface area contributed by atoms with Crippen LogP contribution >= 0.6 is 15.6 Å². The van der Waals surface area contributed by atoms with Crippen molar-refractivity contribution in [3.05, 3.63) is 117 Å². The van der Waals surface area contributed by atoms with E-state index < -0.39 is 163 Å². The number of hydrogen-bond acceptors (Lipinski definition) is 24. The minimum atomic E-state index is -5.05. The number of nitrogens with zero attached hydrogens (tertiary/aromatic N) is 7. The monoisotopic (exact) mass is 1150 g/mol. The van der Waals surface area contributed by atoms with Gasteiger partial charge in [0.25, 0.3) is 16.7 Å². The van der Waals surface area contributed by atoms with Crippen LogP contribution in [0.2, 0.25) is 0 Å². The SMILES string of the molecule is Cc1cn([C@H]2C[C@H](OC(=O)CC(=O)OCCn3cc[n+](C)c3)[C@@H](COP(=O)(OCCC#N)O[C@H]3C[C@H](n4cc(C)c(=O)[nH]c4=O)O[C@@H]3COP(=O)(OCCC#N)O[C@H]3C[C@H](n4cc(C)c(=O)[nH]c4=O)O[C@@H]3CO)O2)c(=O)[nH]c1=O. The summed E-state index contributed by atoms with van der Waals surface area (Å²) in [6.45, 7) is 0.926. The van der Waals surface area contributed by atoms with E-state index in [0.717, 1.165) is 13.7 Å². The Balaban J connectivity index is 1.13. The van der Waals surface area contributed by atoms with Gasteiger partial charge in [0.15, 0.2) is 0 Å². The van der Waals surface area contributed by atoms with Gasteiger partial charge in [-0.15, -0.1) is 0 Å². The Morgan fingerprint density at radius 1 is 0.671 bits per heavy atom. The zero-order valence-electron chi connectivity index (χ0n) is 42.9. The molecule has 0 bridgehead atoms. The first-order valence-corrected chi connectivity index (χ1v) is 27.3. The molecule has 4 aromatic rings. The average molecular weight is 1150 g/mol. The van der Waals surface area contributed by atoms with Gasteiger partial charge in [0.05, 0.1) is 65.1 Å². The molecule has 3 saturated heterocycles. The van der Waals surface area contributed by atoms with E-state index in [9.17, 15) is 63.1 Å². The zero-order valence-corrected chi connectivity index (χ0v) is 44.7. The second-order valence-corrected chi connectivity index (χ2v) is 21.5. The van der Waals surface area contributed by atoms with Crippen molar-refractivity contribution in [1.82, 2.24) is 33.2 Å². The summed E-state index contributed by atoms with van der Waals surface area (Å²) in [5.41, 5.74) is -4.46. The lowest BCUT2D eigenvalue weighted by Crippen LogP contribution is -2.34. The van der Waals surface area contributed by atoms with Gasteiger partial charge in [-0.25, -0.2) is 32.6 Å². The second kappa shape index (κ2) is 26.5. The maximum Gasteiger partial charge on any atom is 0.475 e. The van der Waals surface area contributed by atoms with Crippen molar-refractivity contribution in [3.63, 3.8) is 0 Å². The van der Waals surface area contributed by atoms with E-state index >= 15 is 0 Å². The van der Waals surface area contributed by atoms with Crippen LogP contribution in [0.5, 0.6) is 0 Å². The highest BCUT2D eigenvalue weighted by atomic mass is 31.2. The molecule has 3 aliphatic rings. The predicted octanol–water partition coefficient (Wildman–Crippen LogP) is -0.531. The zero-order chi connectivity index (χ0) is 57.2. The molecule has 4 N–H and O–H groups in total. The summed E-state index contributed by atoms with van der Waals surface area (Å²) in [7, 11) is -8.17. The number of carbonyl (C=O) groups excluding carboxylic acids is 2. The van der Waals surface area contributed by atoms with Crippen LogP contribution in [0.4, 0.5) is 0 Å². The number of carbonyl (C=O) groups is 2. The number of rotatable bonds is 26. The third-order valence-corrected chi connectivity index (χ3v) is 15.3. The molecular weight excluding hydrogens is 1090 g/mol. The van der Waals surface area contributed by atoms with Crippen LogP contribution in [0.15, 0.2) is 66.1 Å². The van der Waals surface area contributed by atoms with E-state index in [1.54, 1.807) is 34.9 Å². The van der Waals surface area contributed by atoms with E-state index in [-0.39, 0.29) is 55.5 Å². The molecule has 0 spiro atoms. The highest BCUT2D eigenvalue weighted by molar-refractivity contribution is 7.48. The fourth-order valence-corrected chi connectivity index (χ4v) is 11.2. The fraction of sp³-hybridized carbons (Fsp3) is 0.578. The van der Waals surface area contributed by atoms with Gasteiger partial charge in [0, 0.05) is 54.5 Å². The molecule has 0 aliphatic carbocycles. The number of aliphatic hydroxyl groups excluding tert-OH is 1. The standard InChI is InChI=1S/C45H56N10O22P2/c1-26-19-53(43(62)48-40(26)59)35-15-29(75-39(58)18-38(57)67-14-11-52-10-9-51(4)25-52)33(73-35)23-70-79(66,69-13-6-8-47)77-31-17-37(55-21-28(3)42(61)50-45(55)64)74-34(31)24-71-78(65,68-12-5-7-46)76-30-16-36(72-32(30)22-56)54-20-27(2)41(60)49-44(54)63/h9-10,19-21,25,29-37,56H,5-6,11-18,22-24H2,1-4H3,(H2-,48,49,50,59,60,61,62,63,64)/p+1/t29-,30-,31-,32+,33+,34+,35+,36+,37+,78?,79?/m0/s1. The molecule has 34 heteroatoms. The van der Waals surface area contributed by atoms with E-state index in [1.165, 1.54) is 39.4 Å². The number of nitriles is 2. The molecule has 32 nitrogen and oxygen atoms in total. The van der Waals surface area contributed by atoms with Crippen molar-refractivity contribution in [3.8, 4) is 12.1 Å². The van der Waals surface area contributed by atoms with Crippen LogP contribution in [-0.2, 0) is 83.1 Å². The molecule has 0 amide bonds. The Morgan fingerprint density at radius 3 is 1.53 bits per heavy atom. The van der Waals surface area contributed by atoms with Crippen LogP contribution in [-0.4, -0.2) is 127 Å². The van der Waals surface area contributed by atoms with Gasteiger partial charge < -0.3 is 28.8 Å². The number of hydrogen-bond donors (Lipinski definition) is 4. The number of ether oxygens (including phenoxy) is 5. The summed E-state index contributed by atoms with van der Waals surface area (Å²) < 4.78 is 99.5. The third kappa shape index (κ3) is 15.5. The smallest absolute Gasteiger partial charge is 0.461 e. The molecule has 2 unspecified atom stereocenters. The van der Waals surface area contributed by atoms with Crippen molar-refractivity contribution in [2.75, 3.05) is 39.6 Å². The van der Waals surface area contributed by atoms with Crippen molar-refractivity contribution >= 4 is 27.6 Å². The van der Waals surface area contributed by atoms with Crippen LogP contribution < -0.4 is 38.3 Å². The van der Waals surface area contributed by atoms with Crippen LogP contribution in [0.1, 0.15) is 73.9 Å². The molecule has 7 heterocycles. The minimum absolute atomic E-state index is 0.0660. The maximum absolute atomic E-state index is 14.9. The molecule has 7 rings (SSSR count). The predicted molar refractivity (Wildman–Crippen MR) is 261 cm³/mol. The molecule has 0 aromatic carbocycles. The van der Waals surface area contributed by atoms with Gasteiger partial charge in [0.2, 0.25) is 6.33 Å². The highest BCUT2D eigenvalue weighted by Gasteiger charge is 2.48. The summed E-state index contributed by atoms with van der Waals surface area (Å²) in [6.07, 6.45) is -5.91. The Bertz CT molecular complexity index is 3410. The summed E-state index contributed by atoms with van der Waals surface area (Å²) in [5, 5.41) is 28.9. The van der Waals surface area contributed by atoms with E-state index in [4.69, 9.17) is 50.8 Å².